The minimum atomic E-state index is -1.28. The fourth-order valence-electron chi connectivity index (χ4n) is 6.10. The molecule has 0 aliphatic rings. The van der Waals surface area contributed by atoms with E-state index < -0.39 is 23.8 Å². The average molecular weight is 637 g/mol. The SMILES string of the molecule is CCNC(=O)c1c(C(=O)O)cc2ccccc2c1-c1cc(C)cc2cc(C(=O)O)c(C(=O)Nc3ccc(-c4ccc(C)cc4)cc3)cc12. The summed E-state index contributed by atoms with van der Waals surface area (Å²) in [6, 6.07) is 30.6. The fourth-order valence-corrected chi connectivity index (χ4v) is 6.10. The lowest BCUT2D eigenvalue weighted by atomic mass is 9.85. The summed E-state index contributed by atoms with van der Waals surface area (Å²) < 4.78 is 0. The number of anilines is 1. The molecule has 0 bridgehead atoms. The Morgan fingerprint density at radius 1 is 0.604 bits per heavy atom. The lowest BCUT2D eigenvalue weighted by Gasteiger charge is -2.19. The molecule has 238 valence electrons. The van der Waals surface area contributed by atoms with Crippen molar-refractivity contribution in [1.29, 1.82) is 0 Å². The molecule has 8 nitrogen and oxygen atoms in total. The number of aromatic carboxylic acids is 2. The third-order valence-electron chi connectivity index (χ3n) is 8.35. The van der Waals surface area contributed by atoms with Gasteiger partial charge in [0.25, 0.3) is 11.8 Å². The van der Waals surface area contributed by atoms with Gasteiger partial charge in [0, 0.05) is 17.8 Å². The lowest BCUT2D eigenvalue weighted by Crippen LogP contribution is -2.26. The van der Waals surface area contributed by atoms with Gasteiger partial charge >= 0.3 is 11.9 Å². The number of aryl methyl sites for hydroxylation is 2. The normalized spacial score (nSPS) is 11.0. The molecule has 0 aromatic heterocycles. The van der Waals surface area contributed by atoms with E-state index in [9.17, 15) is 29.4 Å². The molecule has 0 saturated heterocycles. The first kappa shape index (κ1) is 31.7. The van der Waals surface area contributed by atoms with Gasteiger partial charge in [-0.2, -0.15) is 0 Å². The van der Waals surface area contributed by atoms with Crippen molar-refractivity contribution in [2.75, 3.05) is 11.9 Å². The molecule has 8 heteroatoms. The van der Waals surface area contributed by atoms with Crippen LogP contribution in [-0.4, -0.2) is 40.5 Å². The highest BCUT2D eigenvalue weighted by Gasteiger charge is 2.27. The molecule has 4 N–H and O–H groups in total. The second-order valence-electron chi connectivity index (χ2n) is 11.7. The topological polar surface area (TPSA) is 133 Å². The Labute approximate surface area is 276 Å². The van der Waals surface area contributed by atoms with Crippen molar-refractivity contribution in [1.82, 2.24) is 5.32 Å². The molecule has 0 atom stereocenters. The van der Waals surface area contributed by atoms with E-state index in [-0.39, 0.29) is 28.8 Å². The maximum absolute atomic E-state index is 13.8. The van der Waals surface area contributed by atoms with E-state index in [1.165, 1.54) is 18.2 Å². The Kier molecular flexibility index (Phi) is 8.48. The number of benzene rings is 6. The Bertz CT molecular complexity index is 2270. The van der Waals surface area contributed by atoms with Gasteiger partial charge in [-0.1, -0.05) is 78.4 Å². The van der Waals surface area contributed by atoms with Crippen LogP contribution >= 0.6 is 0 Å². The molecular weight excluding hydrogens is 604 g/mol. The third kappa shape index (κ3) is 5.99. The standard InChI is InChI=1S/C40H32N2O6/c1-4-41-38(44)36-34(40(47)48)19-26-7-5-6-8-29(26)35(36)31-18-23(3)17-27-20-33(39(45)46)32(21-30(27)31)37(43)42-28-15-13-25(14-16-28)24-11-9-22(2)10-12-24/h5-21H,4H2,1-3H3,(H,41,44)(H,42,43)(H,45,46)(H,47,48). The monoisotopic (exact) mass is 636 g/mol. The summed E-state index contributed by atoms with van der Waals surface area (Å²) >= 11 is 0. The van der Waals surface area contributed by atoms with Crippen molar-refractivity contribution in [3.05, 3.63) is 137 Å². The highest BCUT2D eigenvalue weighted by Crippen LogP contribution is 2.40. The van der Waals surface area contributed by atoms with Gasteiger partial charge in [-0.3, -0.25) is 9.59 Å². The largest absolute Gasteiger partial charge is 0.478 e. The molecule has 6 rings (SSSR count). The lowest BCUT2D eigenvalue weighted by molar-refractivity contribution is 0.0683. The smallest absolute Gasteiger partial charge is 0.336 e. The first-order valence-corrected chi connectivity index (χ1v) is 15.4. The number of carbonyl (C=O) groups excluding carboxylic acids is 2. The van der Waals surface area contributed by atoms with Crippen LogP contribution in [0.3, 0.4) is 0 Å². The number of hydrogen-bond acceptors (Lipinski definition) is 4. The maximum Gasteiger partial charge on any atom is 0.336 e. The molecule has 48 heavy (non-hydrogen) atoms. The minimum Gasteiger partial charge on any atom is -0.478 e. The Morgan fingerprint density at radius 2 is 1.23 bits per heavy atom. The third-order valence-corrected chi connectivity index (χ3v) is 8.35. The van der Waals surface area contributed by atoms with Crippen molar-refractivity contribution in [3.8, 4) is 22.3 Å². The Morgan fingerprint density at radius 3 is 1.88 bits per heavy atom. The summed E-state index contributed by atoms with van der Waals surface area (Å²) in [5, 5.41) is 28.3. The zero-order valence-electron chi connectivity index (χ0n) is 26.5. The van der Waals surface area contributed by atoms with E-state index in [1.807, 2.05) is 62.4 Å². The molecule has 0 heterocycles. The Hall–Kier alpha value is -6.28. The minimum absolute atomic E-state index is 0.0167. The number of carboxylic acids is 2. The molecule has 6 aromatic rings. The zero-order chi connectivity index (χ0) is 34.1. The molecule has 0 saturated carbocycles. The van der Waals surface area contributed by atoms with E-state index in [0.29, 0.717) is 38.4 Å². The van der Waals surface area contributed by atoms with Crippen molar-refractivity contribution in [3.63, 3.8) is 0 Å². The highest BCUT2D eigenvalue weighted by atomic mass is 16.4. The van der Waals surface area contributed by atoms with Crippen LogP contribution in [0.1, 0.15) is 59.5 Å². The number of hydrogen-bond donors (Lipinski definition) is 4. The molecule has 6 aromatic carbocycles. The highest BCUT2D eigenvalue weighted by molar-refractivity contribution is 6.21. The molecule has 0 radical (unpaired) electrons. The molecule has 0 aliphatic carbocycles. The van der Waals surface area contributed by atoms with Gasteiger partial charge in [0.15, 0.2) is 0 Å². The van der Waals surface area contributed by atoms with Crippen molar-refractivity contribution < 1.29 is 29.4 Å². The van der Waals surface area contributed by atoms with Crippen LogP contribution in [0.4, 0.5) is 5.69 Å². The second-order valence-corrected chi connectivity index (χ2v) is 11.7. The summed E-state index contributed by atoms with van der Waals surface area (Å²) in [6.07, 6.45) is 0. The number of carboxylic acid groups (broad SMARTS) is 2. The van der Waals surface area contributed by atoms with E-state index >= 15 is 0 Å². The number of nitrogens with one attached hydrogen (secondary N) is 2. The van der Waals surface area contributed by atoms with E-state index in [4.69, 9.17) is 0 Å². The first-order chi connectivity index (χ1) is 23.0. The van der Waals surface area contributed by atoms with Crippen molar-refractivity contribution in [2.45, 2.75) is 20.8 Å². The predicted octanol–water partition coefficient (Wildman–Crippen LogP) is 8.34. The van der Waals surface area contributed by atoms with Gasteiger partial charge in [-0.25, -0.2) is 9.59 Å². The summed E-state index contributed by atoms with van der Waals surface area (Å²) in [7, 11) is 0. The Balaban J connectivity index is 1.54. The number of fused-ring (bicyclic) bond motifs is 2. The van der Waals surface area contributed by atoms with E-state index in [2.05, 4.69) is 10.6 Å². The quantitative estimate of drug-likeness (QED) is 0.133. The first-order valence-electron chi connectivity index (χ1n) is 15.4. The molecular formula is C40H32N2O6. The zero-order valence-corrected chi connectivity index (χ0v) is 26.5. The molecule has 0 aliphatic heterocycles. The molecule has 0 fully saturated rings. The van der Waals surface area contributed by atoms with Gasteiger partial charge in [0.1, 0.15) is 0 Å². The van der Waals surface area contributed by atoms with Crippen LogP contribution in [0.25, 0.3) is 43.8 Å². The summed E-state index contributed by atoms with van der Waals surface area (Å²) in [4.78, 5) is 52.4. The van der Waals surface area contributed by atoms with Crippen molar-refractivity contribution >= 4 is 51.0 Å². The van der Waals surface area contributed by atoms with E-state index in [0.717, 1.165) is 22.3 Å². The van der Waals surface area contributed by atoms with Crippen LogP contribution < -0.4 is 10.6 Å². The van der Waals surface area contributed by atoms with Gasteiger partial charge < -0.3 is 20.8 Å². The van der Waals surface area contributed by atoms with Gasteiger partial charge in [0.2, 0.25) is 0 Å². The maximum atomic E-state index is 13.8. The van der Waals surface area contributed by atoms with E-state index in [1.54, 1.807) is 43.3 Å². The van der Waals surface area contributed by atoms with Crippen molar-refractivity contribution in [2.24, 2.45) is 0 Å². The van der Waals surface area contributed by atoms with Crippen LogP contribution in [0, 0.1) is 13.8 Å². The predicted molar refractivity (Wildman–Crippen MR) is 188 cm³/mol. The molecule has 2 amide bonds. The number of amides is 2. The summed E-state index contributed by atoms with van der Waals surface area (Å²) in [6.45, 7) is 5.87. The van der Waals surface area contributed by atoms with Crippen LogP contribution in [-0.2, 0) is 0 Å². The van der Waals surface area contributed by atoms with Gasteiger partial charge in [0.05, 0.1) is 22.3 Å². The average Bonchev–Trinajstić information content (AvgIpc) is 3.07. The second kappa shape index (κ2) is 12.8. The number of rotatable bonds is 8. The van der Waals surface area contributed by atoms with Crippen LogP contribution in [0.5, 0.6) is 0 Å². The molecule has 0 unspecified atom stereocenters. The van der Waals surface area contributed by atoms with Gasteiger partial charge in [-0.05, 0) is 94.9 Å². The number of carbonyl (C=O) groups is 4. The fraction of sp³-hybridized carbons (Fsp3) is 0.100. The van der Waals surface area contributed by atoms with Crippen LogP contribution in [0.15, 0.2) is 103 Å². The molecule has 0 spiro atoms. The van der Waals surface area contributed by atoms with Crippen LogP contribution in [0.2, 0.25) is 0 Å². The van der Waals surface area contributed by atoms with Gasteiger partial charge in [-0.15, -0.1) is 0 Å². The summed E-state index contributed by atoms with van der Waals surface area (Å²) in [5.74, 6) is -3.72. The summed E-state index contributed by atoms with van der Waals surface area (Å²) in [5.41, 5.74) is 4.79.